The molecule has 4 rings (SSSR count). The van der Waals surface area contributed by atoms with Gasteiger partial charge in [0, 0.05) is 6.04 Å². The second kappa shape index (κ2) is 4.75. The van der Waals surface area contributed by atoms with Crippen molar-refractivity contribution >= 4 is 0 Å². The lowest BCUT2D eigenvalue weighted by Gasteiger charge is -2.34. The number of fused-ring (bicyclic) bond motifs is 3. The van der Waals surface area contributed by atoms with E-state index in [9.17, 15) is 0 Å². The molecule has 1 unspecified atom stereocenters. The molecule has 1 atom stereocenters. The number of hydrogen-bond acceptors (Lipinski definition) is 1. The SMILES string of the molecule is CC(NC1c2ccccc2-c2ccccc21)C1CCC1. The number of nitrogens with one attached hydrogen (secondary N) is 1. The highest BCUT2D eigenvalue weighted by atomic mass is 15.0. The van der Waals surface area contributed by atoms with E-state index < -0.39 is 0 Å². The van der Waals surface area contributed by atoms with Crippen LogP contribution in [0.15, 0.2) is 48.5 Å². The molecule has 102 valence electrons. The molecule has 0 bridgehead atoms. The van der Waals surface area contributed by atoms with Crippen LogP contribution in [0.25, 0.3) is 11.1 Å². The maximum atomic E-state index is 3.89. The van der Waals surface area contributed by atoms with Crippen LogP contribution in [-0.2, 0) is 0 Å². The van der Waals surface area contributed by atoms with Crippen LogP contribution in [0.3, 0.4) is 0 Å². The fraction of sp³-hybridized carbons (Fsp3) is 0.368. The molecule has 0 heterocycles. The molecule has 1 fully saturated rings. The van der Waals surface area contributed by atoms with Gasteiger partial charge in [-0.2, -0.15) is 0 Å². The van der Waals surface area contributed by atoms with Crippen LogP contribution in [0.4, 0.5) is 0 Å². The maximum Gasteiger partial charge on any atom is 0.0591 e. The molecule has 2 aliphatic rings. The molecule has 1 saturated carbocycles. The molecule has 0 aromatic heterocycles. The average Bonchev–Trinajstić information content (AvgIpc) is 2.72. The second-order valence-electron chi connectivity index (χ2n) is 6.25. The topological polar surface area (TPSA) is 12.0 Å². The van der Waals surface area contributed by atoms with Crippen LogP contribution >= 0.6 is 0 Å². The summed E-state index contributed by atoms with van der Waals surface area (Å²) in [6.07, 6.45) is 4.20. The van der Waals surface area contributed by atoms with Crippen LogP contribution in [0.1, 0.15) is 43.4 Å². The predicted molar refractivity (Wildman–Crippen MR) is 83.7 cm³/mol. The molecule has 0 amide bonds. The van der Waals surface area contributed by atoms with Crippen molar-refractivity contribution in [3.63, 3.8) is 0 Å². The minimum absolute atomic E-state index is 0.373. The molecule has 2 aromatic carbocycles. The molecular formula is C19H21N. The summed E-state index contributed by atoms with van der Waals surface area (Å²) in [5, 5.41) is 3.89. The van der Waals surface area contributed by atoms with Gasteiger partial charge in [0.05, 0.1) is 6.04 Å². The Morgan fingerprint density at radius 2 is 1.45 bits per heavy atom. The van der Waals surface area contributed by atoms with E-state index in [1.165, 1.54) is 41.5 Å². The van der Waals surface area contributed by atoms with Gasteiger partial charge in [-0.3, -0.25) is 0 Å². The Kier molecular flexibility index (Phi) is 2.89. The van der Waals surface area contributed by atoms with Gasteiger partial charge in [-0.15, -0.1) is 0 Å². The first kappa shape index (κ1) is 12.2. The minimum Gasteiger partial charge on any atom is -0.303 e. The van der Waals surface area contributed by atoms with Crippen LogP contribution < -0.4 is 5.32 Å². The Balaban J connectivity index is 1.71. The summed E-state index contributed by atoms with van der Waals surface area (Å²) in [6.45, 7) is 2.35. The summed E-state index contributed by atoms with van der Waals surface area (Å²) < 4.78 is 0. The van der Waals surface area contributed by atoms with Crippen molar-refractivity contribution in [3.05, 3.63) is 59.7 Å². The van der Waals surface area contributed by atoms with Crippen LogP contribution in [0.2, 0.25) is 0 Å². The summed E-state index contributed by atoms with van der Waals surface area (Å²) in [5.74, 6) is 0.870. The zero-order chi connectivity index (χ0) is 13.5. The van der Waals surface area contributed by atoms with Gasteiger partial charge in [-0.05, 0) is 47.9 Å². The van der Waals surface area contributed by atoms with E-state index in [0.717, 1.165) is 5.92 Å². The van der Waals surface area contributed by atoms with Crippen molar-refractivity contribution in [2.45, 2.75) is 38.3 Å². The molecule has 1 N–H and O–H groups in total. The van der Waals surface area contributed by atoms with Crippen molar-refractivity contribution in [2.75, 3.05) is 0 Å². The third-order valence-electron chi connectivity index (χ3n) is 5.12. The van der Waals surface area contributed by atoms with E-state index in [-0.39, 0.29) is 0 Å². The molecule has 20 heavy (non-hydrogen) atoms. The van der Waals surface area contributed by atoms with E-state index in [4.69, 9.17) is 0 Å². The normalized spacial score (nSPS) is 19.2. The van der Waals surface area contributed by atoms with Gasteiger partial charge < -0.3 is 5.32 Å². The smallest absolute Gasteiger partial charge is 0.0591 e. The molecular weight excluding hydrogens is 242 g/mol. The van der Waals surface area contributed by atoms with Crippen molar-refractivity contribution < 1.29 is 0 Å². The second-order valence-corrected chi connectivity index (χ2v) is 6.25. The Morgan fingerprint density at radius 3 is 1.95 bits per heavy atom. The zero-order valence-electron chi connectivity index (χ0n) is 12.0. The fourth-order valence-electron chi connectivity index (χ4n) is 3.67. The van der Waals surface area contributed by atoms with Gasteiger partial charge in [0.1, 0.15) is 0 Å². The van der Waals surface area contributed by atoms with Crippen LogP contribution in [0, 0.1) is 5.92 Å². The molecule has 2 aromatic rings. The van der Waals surface area contributed by atoms with Crippen molar-refractivity contribution in [2.24, 2.45) is 5.92 Å². The first-order chi connectivity index (χ1) is 9.84. The van der Waals surface area contributed by atoms with Gasteiger partial charge in [0.2, 0.25) is 0 Å². The summed E-state index contributed by atoms with van der Waals surface area (Å²) in [6, 6.07) is 18.7. The predicted octanol–water partition coefficient (Wildman–Crippen LogP) is 4.53. The average molecular weight is 263 g/mol. The number of hydrogen-bond donors (Lipinski definition) is 1. The lowest BCUT2D eigenvalue weighted by Crippen LogP contribution is -2.39. The highest BCUT2D eigenvalue weighted by molar-refractivity contribution is 5.78. The van der Waals surface area contributed by atoms with E-state index in [2.05, 4.69) is 60.8 Å². The standard InChI is InChI=1S/C19H21N/c1-13(14-7-6-8-14)20-19-17-11-4-2-9-15(17)16-10-3-5-12-18(16)19/h2-5,9-14,19-20H,6-8H2,1H3. The molecule has 0 saturated heterocycles. The van der Waals surface area contributed by atoms with Gasteiger partial charge in [-0.25, -0.2) is 0 Å². The Labute approximate surface area is 121 Å². The van der Waals surface area contributed by atoms with E-state index >= 15 is 0 Å². The summed E-state index contributed by atoms with van der Waals surface area (Å²) in [7, 11) is 0. The highest BCUT2D eigenvalue weighted by Gasteiger charge is 2.31. The maximum absolute atomic E-state index is 3.89. The van der Waals surface area contributed by atoms with Crippen LogP contribution in [-0.4, -0.2) is 6.04 Å². The Morgan fingerprint density at radius 1 is 0.900 bits per heavy atom. The molecule has 1 heteroatoms. The molecule has 0 aliphatic heterocycles. The van der Waals surface area contributed by atoms with Gasteiger partial charge in [0.25, 0.3) is 0 Å². The highest BCUT2D eigenvalue weighted by Crippen LogP contribution is 2.44. The molecule has 1 nitrogen and oxygen atoms in total. The molecule has 2 aliphatic carbocycles. The summed E-state index contributed by atoms with van der Waals surface area (Å²) in [4.78, 5) is 0. The fourth-order valence-corrected chi connectivity index (χ4v) is 3.67. The van der Waals surface area contributed by atoms with Crippen LogP contribution in [0.5, 0.6) is 0 Å². The van der Waals surface area contributed by atoms with Gasteiger partial charge >= 0.3 is 0 Å². The monoisotopic (exact) mass is 263 g/mol. The zero-order valence-corrected chi connectivity index (χ0v) is 12.0. The van der Waals surface area contributed by atoms with Crippen molar-refractivity contribution in [3.8, 4) is 11.1 Å². The third kappa shape index (κ3) is 1.81. The Hall–Kier alpha value is -1.60. The first-order valence-corrected chi connectivity index (χ1v) is 7.79. The minimum atomic E-state index is 0.373. The Bertz CT molecular complexity index is 582. The van der Waals surface area contributed by atoms with Gasteiger partial charge in [0.15, 0.2) is 0 Å². The number of benzene rings is 2. The van der Waals surface area contributed by atoms with E-state index in [0.29, 0.717) is 12.1 Å². The van der Waals surface area contributed by atoms with Gasteiger partial charge in [-0.1, -0.05) is 55.0 Å². The largest absolute Gasteiger partial charge is 0.303 e. The number of rotatable bonds is 3. The summed E-state index contributed by atoms with van der Waals surface area (Å²) in [5.41, 5.74) is 5.70. The van der Waals surface area contributed by atoms with Crippen molar-refractivity contribution in [1.29, 1.82) is 0 Å². The van der Waals surface area contributed by atoms with E-state index in [1.807, 2.05) is 0 Å². The third-order valence-corrected chi connectivity index (χ3v) is 5.12. The van der Waals surface area contributed by atoms with E-state index in [1.54, 1.807) is 0 Å². The summed E-state index contributed by atoms with van der Waals surface area (Å²) >= 11 is 0. The quantitative estimate of drug-likeness (QED) is 0.857. The molecule has 0 spiro atoms. The lowest BCUT2D eigenvalue weighted by molar-refractivity contribution is 0.233. The van der Waals surface area contributed by atoms with Crippen molar-refractivity contribution in [1.82, 2.24) is 5.32 Å². The first-order valence-electron chi connectivity index (χ1n) is 7.79. The molecule has 0 radical (unpaired) electrons. The lowest BCUT2D eigenvalue weighted by atomic mass is 9.80.